The SMILES string of the molecule is CC(O)CC(Oc1ccc(CC2CCN(c3ccc(C(F)(F)F)cc3)CC2)cc1)n1cc([N+](=O)[O-])nc1Cl. The Morgan fingerprint density at radius 3 is 2.32 bits per heavy atom. The van der Waals surface area contributed by atoms with E-state index in [9.17, 15) is 28.4 Å². The van der Waals surface area contributed by atoms with Gasteiger partial charge in [0.1, 0.15) is 11.9 Å². The van der Waals surface area contributed by atoms with E-state index in [2.05, 4.69) is 9.88 Å². The first-order valence-electron chi connectivity index (χ1n) is 12.2. The van der Waals surface area contributed by atoms with E-state index in [1.165, 1.54) is 22.9 Å². The monoisotopic (exact) mass is 552 g/mol. The fourth-order valence-electron chi connectivity index (χ4n) is 4.61. The summed E-state index contributed by atoms with van der Waals surface area (Å²) in [5.74, 6) is 0.554. The zero-order valence-corrected chi connectivity index (χ0v) is 21.4. The Hall–Kier alpha value is -3.31. The van der Waals surface area contributed by atoms with Gasteiger partial charge in [-0.3, -0.25) is 4.57 Å². The molecule has 2 atom stereocenters. The minimum atomic E-state index is -4.34. The van der Waals surface area contributed by atoms with Gasteiger partial charge in [-0.25, -0.2) is 0 Å². The van der Waals surface area contributed by atoms with Crippen LogP contribution in [0.25, 0.3) is 0 Å². The second kappa shape index (κ2) is 11.6. The predicted octanol–water partition coefficient (Wildman–Crippen LogP) is 6.27. The molecule has 2 heterocycles. The van der Waals surface area contributed by atoms with Gasteiger partial charge >= 0.3 is 17.3 Å². The molecule has 1 N–H and O–H groups in total. The van der Waals surface area contributed by atoms with E-state index in [4.69, 9.17) is 16.3 Å². The number of rotatable bonds is 9. The lowest BCUT2D eigenvalue weighted by Gasteiger charge is -2.34. The van der Waals surface area contributed by atoms with Crippen LogP contribution in [0.15, 0.2) is 54.7 Å². The molecule has 0 spiro atoms. The molecule has 1 aliphatic rings. The van der Waals surface area contributed by atoms with Crippen molar-refractivity contribution in [2.24, 2.45) is 5.92 Å². The van der Waals surface area contributed by atoms with Crippen molar-refractivity contribution in [1.82, 2.24) is 9.55 Å². The maximum absolute atomic E-state index is 12.8. The number of piperidine rings is 1. The summed E-state index contributed by atoms with van der Waals surface area (Å²) >= 11 is 6.08. The van der Waals surface area contributed by atoms with Gasteiger partial charge in [-0.2, -0.15) is 13.2 Å². The number of hydrogen-bond donors (Lipinski definition) is 1. The van der Waals surface area contributed by atoms with Crippen LogP contribution in [0, 0.1) is 16.0 Å². The number of halogens is 4. The molecule has 0 bridgehead atoms. The molecule has 0 saturated carbocycles. The van der Waals surface area contributed by atoms with Gasteiger partial charge in [0.2, 0.25) is 0 Å². The molecule has 12 heteroatoms. The molecule has 8 nitrogen and oxygen atoms in total. The van der Waals surface area contributed by atoms with Gasteiger partial charge in [-0.15, -0.1) is 0 Å². The van der Waals surface area contributed by atoms with Crippen LogP contribution in [0.2, 0.25) is 5.28 Å². The number of imidazole rings is 1. The molecule has 4 rings (SSSR count). The van der Waals surface area contributed by atoms with E-state index < -0.39 is 34.8 Å². The Balaban J connectivity index is 1.33. The Kier molecular flexibility index (Phi) is 8.47. The van der Waals surface area contributed by atoms with Crippen LogP contribution < -0.4 is 9.64 Å². The van der Waals surface area contributed by atoms with Gasteiger partial charge in [0, 0.05) is 25.2 Å². The van der Waals surface area contributed by atoms with Crippen molar-refractivity contribution >= 4 is 23.1 Å². The molecule has 1 aliphatic heterocycles. The number of nitrogens with zero attached hydrogens (tertiary/aromatic N) is 4. The predicted molar refractivity (Wildman–Crippen MR) is 136 cm³/mol. The lowest BCUT2D eigenvalue weighted by Crippen LogP contribution is -2.34. The van der Waals surface area contributed by atoms with Crippen molar-refractivity contribution in [3.63, 3.8) is 0 Å². The number of alkyl halides is 3. The average molecular weight is 553 g/mol. The molecule has 2 unspecified atom stereocenters. The molecular weight excluding hydrogens is 525 g/mol. The molecule has 204 valence electrons. The van der Waals surface area contributed by atoms with Crippen molar-refractivity contribution in [3.8, 4) is 5.75 Å². The molecule has 38 heavy (non-hydrogen) atoms. The first-order chi connectivity index (χ1) is 18.0. The maximum atomic E-state index is 12.8. The van der Waals surface area contributed by atoms with E-state index in [1.54, 1.807) is 19.1 Å². The number of aliphatic hydroxyl groups excluding tert-OH is 1. The molecule has 2 aromatic carbocycles. The lowest BCUT2D eigenvalue weighted by atomic mass is 9.90. The fraction of sp³-hybridized carbons (Fsp3) is 0.423. The van der Waals surface area contributed by atoms with Gasteiger partial charge in [0.25, 0.3) is 0 Å². The molecule has 3 aromatic rings. The number of aliphatic hydroxyl groups is 1. The molecule has 0 aliphatic carbocycles. The topological polar surface area (TPSA) is 93.7 Å². The van der Waals surface area contributed by atoms with Crippen LogP contribution in [0.4, 0.5) is 24.7 Å². The van der Waals surface area contributed by atoms with Crippen LogP contribution in [0.3, 0.4) is 0 Å². The third-order valence-electron chi connectivity index (χ3n) is 6.61. The third kappa shape index (κ3) is 6.96. The summed E-state index contributed by atoms with van der Waals surface area (Å²) in [6.07, 6.45) is -1.83. The summed E-state index contributed by atoms with van der Waals surface area (Å²) in [6, 6.07) is 12.8. The highest BCUT2D eigenvalue weighted by atomic mass is 35.5. The zero-order chi connectivity index (χ0) is 27.4. The molecule has 1 aromatic heterocycles. The summed E-state index contributed by atoms with van der Waals surface area (Å²) in [5, 5.41) is 20.8. The second-order valence-electron chi connectivity index (χ2n) is 9.51. The molecule has 1 fully saturated rings. The van der Waals surface area contributed by atoms with Crippen molar-refractivity contribution < 1.29 is 27.9 Å². The van der Waals surface area contributed by atoms with Gasteiger partial charge in [-0.1, -0.05) is 12.1 Å². The lowest BCUT2D eigenvalue weighted by molar-refractivity contribution is -0.389. The minimum absolute atomic E-state index is 0.110. The van der Waals surface area contributed by atoms with Gasteiger partial charge in [0.05, 0.1) is 11.7 Å². The largest absolute Gasteiger partial charge is 0.470 e. The molecular formula is C26H28ClF3N4O4. The summed E-state index contributed by atoms with van der Waals surface area (Å²) in [7, 11) is 0. The van der Waals surface area contributed by atoms with Crippen molar-refractivity contribution in [2.45, 2.75) is 51.1 Å². The van der Waals surface area contributed by atoms with E-state index in [-0.39, 0.29) is 11.7 Å². The summed E-state index contributed by atoms with van der Waals surface area (Å²) in [4.78, 5) is 16.2. The number of aromatic nitrogens is 2. The highest BCUT2D eigenvalue weighted by Crippen LogP contribution is 2.32. The quantitative estimate of drug-likeness (QED) is 0.248. The Bertz CT molecular complexity index is 1220. The molecule has 0 radical (unpaired) electrons. The first-order valence-corrected chi connectivity index (χ1v) is 12.6. The average Bonchev–Trinajstić information content (AvgIpc) is 3.26. The molecule has 1 saturated heterocycles. The standard InChI is InChI=1S/C26H28ClF3N4O4/c1-17(35)14-24(33-16-23(34(36)37)31-25(33)27)38-22-8-2-18(3-9-22)15-19-10-12-32(13-11-19)21-6-4-20(5-7-21)26(28,29)30/h2-9,16-17,19,24,35H,10-15H2,1H3. The van der Waals surface area contributed by atoms with Crippen LogP contribution in [0.5, 0.6) is 5.75 Å². The number of anilines is 1. The Morgan fingerprint density at radius 2 is 1.79 bits per heavy atom. The fourth-order valence-corrected chi connectivity index (χ4v) is 4.85. The summed E-state index contributed by atoms with van der Waals surface area (Å²) in [5.41, 5.74) is 1.27. The van der Waals surface area contributed by atoms with Crippen LogP contribution >= 0.6 is 11.6 Å². The van der Waals surface area contributed by atoms with Crippen LogP contribution in [-0.2, 0) is 12.6 Å². The zero-order valence-electron chi connectivity index (χ0n) is 20.6. The minimum Gasteiger partial charge on any atom is -0.470 e. The first kappa shape index (κ1) is 27.7. The molecule has 0 amide bonds. The Labute approximate surface area is 222 Å². The normalized spacial score (nSPS) is 16.3. The third-order valence-corrected chi connectivity index (χ3v) is 6.89. The summed E-state index contributed by atoms with van der Waals surface area (Å²) in [6.45, 7) is 3.13. The van der Waals surface area contributed by atoms with Gasteiger partial charge in [-0.05, 0) is 95.6 Å². The maximum Gasteiger partial charge on any atom is 0.416 e. The van der Waals surface area contributed by atoms with Crippen molar-refractivity contribution in [1.29, 1.82) is 0 Å². The van der Waals surface area contributed by atoms with E-state index >= 15 is 0 Å². The highest BCUT2D eigenvalue weighted by molar-refractivity contribution is 6.28. The van der Waals surface area contributed by atoms with Crippen LogP contribution in [0.1, 0.15) is 43.5 Å². The summed E-state index contributed by atoms with van der Waals surface area (Å²) < 4.78 is 45.8. The van der Waals surface area contributed by atoms with Gasteiger partial charge in [0.15, 0.2) is 6.23 Å². The van der Waals surface area contributed by atoms with E-state index in [1.807, 2.05) is 12.1 Å². The number of ether oxygens (including phenoxy) is 1. The van der Waals surface area contributed by atoms with Gasteiger partial charge < -0.3 is 24.9 Å². The number of nitro groups is 1. The number of benzene rings is 2. The Morgan fingerprint density at radius 1 is 1.16 bits per heavy atom. The van der Waals surface area contributed by atoms with Crippen LogP contribution in [-0.4, -0.2) is 38.8 Å². The van der Waals surface area contributed by atoms with Crippen molar-refractivity contribution in [2.75, 3.05) is 18.0 Å². The number of hydrogen-bond acceptors (Lipinski definition) is 6. The second-order valence-corrected chi connectivity index (χ2v) is 9.85. The smallest absolute Gasteiger partial charge is 0.416 e. The van der Waals surface area contributed by atoms with E-state index in [0.29, 0.717) is 11.7 Å². The highest BCUT2D eigenvalue weighted by Gasteiger charge is 2.30. The van der Waals surface area contributed by atoms with E-state index in [0.717, 1.165) is 55.7 Å². The van der Waals surface area contributed by atoms with Crippen molar-refractivity contribution in [3.05, 3.63) is 81.3 Å².